The van der Waals surface area contributed by atoms with Crippen LogP contribution < -0.4 is 0 Å². The van der Waals surface area contributed by atoms with Gasteiger partial charge in [0.1, 0.15) is 0 Å². The Morgan fingerprint density at radius 1 is 0.842 bits per heavy atom. The van der Waals surface area contributed by atoms with E-state index in [2.05, 4.69) is 9.97 Å². The molecule has 0 spiro atoms. The second-order valence-corrected chi connectivity index (χ2v) is 4.11. The molecule has 1 heterocycles. The second kappa shape index (κ2) is 5.21. The Morgan fingerprint density at radius 3 is 2.16 bits per heavy atom. The molecule has 0 unspecified atom stereocenters. The standard InChI is InChI=1S/C16H11ClN2/c17-16-18-14(12-7-3-1-4-8-12)11-15(19-16)13-9-5-2-6-10-13/h1-11H/i1D,3D,4D,7D,8D. The number of halogens is 1. The van der Waals surface area contributed by atoms with Crippen LogP contribution in [0.2, 0.25) is 5.28 Å². The van der Waals surface area contributed by atoms with E-state index in [-0.39, 0.29) is 28.6 Å². The zero-order valence-electron chi connectivity index (χ0n) is 14.7. The van der Waals surface area contributed by atoms with Crippen molar-refractivity contribution in [1.29, 1.82) is 0 Å². The first-order valence-electron chi connectivity index (χ1n) is 8.07. The average Bonchev–Trinajstić information content (AvgIpc) is 2.59. The zero-order chi connectivity index (χ0) is 17.4. The molecule has 0 aliphatic rings. The molecule has 0 saturated heterocycles. The molecule has 3 aromatic rings. The Hall–Kier alpha value is -2.19. The lowest BCUT2D eigenvalue weighted by atomic mass is 10.1. The minimum Gasteiger partial charge on any atom is -0.218 e. The van der Waals surface area contributed by atoms with Gasteiger partial charge in [0, 0.05) is 11.1 Å². The summed E-state index contributed by atoms with van der Waals surface area (Å²) in [5.74, 6) is 0. The van der Waals surface area contributed by atoms with Crippen molar-refractivity contribution in [3.05, 3.63) is 71.9 Å². The Kier molecular flexibility index (Phi) is 2.03. The molecule has 0 bridgehead atoms. The lowest BCUT2D eigenvalue weighted by Gasteiger charge is -2.05. The predicted molar refractivity (Wildman–Crippen MR) is 77.9 cm³/mol. The Labute approximate surface area is 123 Å². The summed E-state index contributed by atoms with van der Waals surface area (Å²) in [6.07, 6.45) is 0. The molecule has 3 rings (SSSR count). The van der Waals surface area contributed by atoms with Gasteiger partial charge in [-0.15, -0.1) is 0 Å². The molecule has 0 aliphatic carbocycles. The van der Waals surface area contributed by atoms with Crippen LogP contribution in [0.3, 0.4) is 0 Å². The van der Waals surface area contributed by atoms with E-state index in [0.717, 1.165) is 5.56 Å². The topological polar surface area (TPSA) is 25.8 Å². The van der Waals surface area contributed by atoms with Crippen LogP contribution in [0.25, 0.3) is 22.5 Å². The average molecular weight is 272 g/mol. The zero-order valence-corrected chi connectivity index (χ0v) is 10.5. The monoisotopic (exact) mass is 271 g/mol. The fourth-order valence-electron chi connectivity index (χ4n) is 1.68. The lowest BCUT2D eigenvalue weighted by Crippen LogP contribution is -1.91. The fraction of sp³-hybridized carbons (Fsp3) is 0. The smallest absolute Gasteiger partial charge is 0.218 e. The van der Waals surface area contributed by atoms with Gasteiger partial charge >= 0.3 is 0 Å². The van der Waals surface area contributed by atoms with Gasteiger partial charge in [-0.3, -0.25) is 0 Å². The molecule has 1 aromatic heterocycles. The van der Waals surface area contributed by atoms with Gasteiger partial charge in [-0.05, 0) is 17.7 Å². The summed E-state index contributed by atoms with van der Waals surface area (Å²) >= 11 is 5.99. The Morgan fingerprint density at radius 2 is 1.47 bits per heavy atom. The summed E-state index contributed by atoms with van der Waals surface area (Å²) in [4.78, 5) is 8.20. The molecule has 92 valence electrons. The highest BCUT2D eigenvalue weighted by Gasteiger charge is 2.06. The van der Waals surface area contributed by atoms with Crippen molar-refractivity contribution in [1.82, 2.24) is 9.97 Å². The summed E-state index contributed by atoms with van der Waals surface area (Å²) in [7, 11) is 0. The van der Waals surface area contributed by atoms with Crippen LogP contribution in [0.1, 0.15) is 6.85 Å². The minimum absolute atomic E-state index is 0.00230. The van der Waals surface area contributed by atoms with Gasteiger partial charge in [-0.1, -0.05) is 60.5 Å². The molecule has 19 heavy (non-hydrogen) atoms. The number of aromatic nitrogens is 2. The molecule has 0 atom stereocenters. The van der Waals surface area contributed by atoms with Gasteiger partial charge < -0.3 is 0 Å². The van der Waals surface area contributed by atoms with Crippen molar-refractivity contribution >= 4 is 11.6 Å². The van der Waals surface area contributed by atoms with Crippen LogP contribution >= 0.6 is 11.6 Å². The normalized spacial score (nSPS) is 14.1. The molecule has 2 aromatic carbocycles. The van der Waals surface area contributed by atoms with Gasteiger partial charge in [0.25, 0.3) is 0 Å². The third-order valence-electron chi connectivity index (χ3n) is 2.52. The van der Waals surface area contributed by atoms with E-state index < -0.39 is 18.1 Å². The molecular formula is C16H11ClN2. The minimum atomic E-state index is -0.447. The second-order valence-electron chi connectivity index (χ2n) is 3.77. The highest BCUT2D eigenvalue weighted by Crippen LogP contribution is 2.24. The molecule has 0 aliphatic heterocycles. The van der Waals surface area contributed by atoms with Gasteiger partial charge in [0.2, 0.25) is 5.28 Å². The van der Waals surface area contributed by atoms with Crippen molar-refractivity contribution in [3.8, 4) is 22.5 Å². The first-order valence-corrected chi connectivity index (χ1v) is 5.95. The van der Waals surface area contributed by atoms with Gasteiger partial charge in [0.15, 0.2) is 0 Å². The summed E-state index contributed by atoms with van der Waals surface area (Å²) in [5, 5.41) is -0.0573. The largest absolute Gasteiger partial charge is 0.223 e. The van der Waals surface area contributed by atoms with E-state index >= 15 is 0 Å². The van der Waals surface area contributed by atoms with Crippen LogP contribution in [0.15, 0.2) is 66.6 Å². The van der Waals surface area contributed by atoms with Crippen molar-refractivity contribution in [2.45, 2.75) is 0 Å². The van der Waals surface area contributed by atoms with E-state index in [9.17, 15) is 0 Å². The molecule has 0 saturated carbocycles. The maximum atomic E-state index is 8.04. The number of benzene rings is 2. The summed E-state index contributed by atoms with van der Waals surface area (Å²) in [6.45, 7) is 0. The maximum absolute atomic E-state index is 8.04. The van der Waals surface area contributed by atoms with E-state index in [1.807, 2.05) is 30.3 Å². The molecule has 0 radical (unpaired) electrons. The first kappa shape index (κ1) is 7.41. The highest BCUT2D eigenvalue weighted by molar-refractivity contribution is 6.28. The number of hydrogen-bond acceptors (Lipinski definition) is 2. The SMILES string of the molecule is [2H]c1c([2H])c([2H])c(-c2cc(-c3ccccc3)nc(Cl)n2)c([2H])c1[2H]. The molecule has 0 fully saturated rings. The maximum Gasteiger partial charge on any atom is 0.223 e. The first-order chi connectivity index (χ1) is 11.4. The molecule has 0 amide bonds. The number of rotatable bonds is 2. The highest BCUT2D eigenvalue weighted by atomic mass is 35.5. The van der Waals surface area contributed by atoms with Crippen molar-refractivity contribution in [2.24, 2.45) is 0 Å². The van der Waals surface area contributed by atoms with Gasteiger partial charge in [0.05, 0.1) is 18.2 Å². The summed E-state index contributed by atoms with van der Waals surface area (Å²) in [6, 6.07) is 8.86. The van der Waals surface area contributed by atoms with Crippen LogP contribution in [0.5, 0.6) is 0 Å². The van der Waals surface area contributed by atoms with E-state index in [1.54, 1.807) is 6.07 Å². The van der Waals surface area contributed by atoms with Gasteiger partial charge in [-0.25, -0.2) is 9.97 Å². The van der Waals surface area contributed by atoms with Gasteiger partial charge in [-0.2, -0.15) is 0 Å². The van der Waals surface area contributed by atoms with Crippen molar-refractivity contribution in [3.63, 3.8) is 0 Å². The summed E-state index contributed by atoms with van der Waals surface area (Å²) < 4.78 is 39.3. The molecule has 0 N–H and O–H groups in total. The van der Waals surface area contributed by atoms with Crippen molar-refractivity contribution < 1.29 is 6.85 Å². The Bertz CT molecular complexity index is 902. The van der Waals surface area contributed by atoms with Crippen LogP contribution in [-0.4, -0.2) is 9.97 Å². The third-order valence-corrected chi connectivity index (χ3v) is 2.69. The number of hydrogen-bond donors (Lipinski definition) is 0. The summed E-state index contributed by atoms with van der Waals surface area (Å²) in [5.41, 5.74) is 1.49. The van der Waals surface area contributed by atoms with E-state index in [1.165, 1.54) is 0 Å². The molecule has 3 heteroatoms. The number of nitrogens with zero attached hydrogens (tertiary/aromatic N) is 2. The van der Waals surface area contributed by atoms with Crippen LogP contribution in [0, 0.1) is 0 Å². The fourth-order valence-corrected chi connectivity index (χ4v) is 1.86. The quantitative estimate of drug-likeness (QED) is 0.643. The van der Waals surface area contributed by atoms with Crippen LogP contribution in [-0.2, 0) is 0 Å². The predicted octanol–water partition coefficient (Wildman–Crippen LogP) is 4.46. The van der Waals surface area contributed by atoms with Crippen molar-refractivity contribution in [2.75, 3.05) is 0 Å². The lowest BCUT2D eigenvalue weighted by molar-refractivity contribution is 1.18. The van der Waals surface area contributed by atoms with E-state index in [4.69, 9.17) is 18.5 Å². The van der Waals surface area contributed by atoms with E-state index in [0.29, 0.717) is 5.69 Å². The molecular weight excluding hydrogens is 256 g/mol. The van der Waals surface area contributed by atoms with Crippen LogP contribution in [0.4, 0.5) is 0 Å². The third kappa shape index (κ3) is 2.64. The Balaban J connectivity index is 2.27. The molecule has 2 nitrogen and oxygen atoms in total.